The summed E-state index contributed by atoms with van der Waals surface area (Å²) in [5, 5.41) is 2.43. The number of hydrogen-bond donors (Lipinski definition) is 1. The van der Waals surface area contributed by atoms with Crippen LogP contribution >= 0.6 is 11.6 Å². The first kappa shape index (κ1) is 16.3. The summed E-state index contributed by atoms with van der Waals surface area (Å²) in [5.74, 6) is -0.346. The molecule has 0 atom stereocenters. The summed E-state index contributed by atoms with van der Waals surface area (Å²) < 4.78 is 37.5. The third kappa shape index (κ3) is 3.98. The van der Waals surface area contributed by atoms with E-state index in [0.29, 0.717) is 11.8 Å². The van der Waals surface area contributed by atoms with Crippen LogP contribution in [0.25, 0.3) is 0 Å². The van der Waals surface area contributed by atoms with E-state index in [1.165, 1.54) is 0 Å². The Kier molecular flexibility index (Phi) is 4.71. The maximum atomic E-state index is 12.5. The van der Waals surface area contributed by atoms with Crippen LogP contribution in [-0.4, -0.2) is 10.9 Å². The van der Waals surface area contributed by atoms with Crippen LogP contribution in [0.15, 0.2) is 36.5 Å². The number of amides is 1. The average Bonchev–Trinajstić information content (AvgIpc) is 2.44. The van der Waals surface area contributed by atoms with Crippen LogP contribution in [0.5, 0.6) is 0 Å². The van der Waals surface area contributed by atoms with Gasteiger partial charge < -0.3 is 5.32 Å². The Balaban J connectivity index is 2.07. The van der Waals surface area contributed by atoms with Crippen LogP contribution in [0.4, 0.5) is 13.2 Å². The lowest BCUT2D eigenvalue weighted by atomic mass is 10.1. The molecule has 0 fully saturated rings. The van der Waals surface area contributed by atoms with Crippen LogP contribution in [0, 0.1) is 6.92 Å². The lowest BCUT2D eigenvalue weighted by Crippen LogP contribution is -2.23. The van der Waals surface area contributed by atoms with Crippen molar-refractivity contribution in [2.24, 2.45) is 0 Å². The Morgan fingerprint density at radius 3 is 2.64 bits per heavy atom. The molecule has 0 radical (unpaired) electrons. The molecule has 22 heavy (non-hydrogen) atoms. The Morgan fingerprint density at radius 1 is 1.32 bits per heavy atom. The maximum absolute atomic E-state index is 12.5. The predicted octanol–water partition coefficient (Wildman–Crippen LogP) is 3.99. The van der Waals surface area contributed by atoms with Gasteiger partial charge in [0.2, 0.25) is 0 Å². The molecule has 1 amide bonds. The van der Waals surface area contributed by atoms with Crippen molar-refractivity contribution < 1.29 is 18.0 Å². The molecular weight excluding hydrogens is 317 g/mol. The second-order valence-corrected chi connectivity index (χ2v) is 5.11. The first-order valence-electron chi connectivity index (χ1n) is 6.34. The van der Waals surface area contributed by atoms with E-state index in [9.17, 15) is 18.0 Å². The fourth-order valence-electron chi connectivity index (χ4n) is 1.80. The molecule has 116 valence electrons. The fraction of sp³-hybridized carbons (Fsp3) is 0.200. The van der Waals surface area contributed by atoms with E-state index < -0.39 is 11.7 Å². The highest BCUT2D eigenvalue weighted by Crippen LogP contribution is 2.30. The highest BCUT2D eigenvalue weighted by Gasteiger charge is 2.31. The number of nitrogens with one attached hydrogen (secondary N) is 1. The number of halogens is 4. The quantitative estimate of drug-likeness (QED) is 0.925. The molecule has 7 heteroatoms. The minimum atomic E-state index is -4.50. The minimum absolute atomic E-state index is 0.0518. The van der Waals surface area contributed by atoms with Crippen molar-refractivity contribution >= 4 is 17.5 Å². The first-order chi connectivity index (χ1) is 10.3. The maximum Gasteiger partial charge on any atom is 0.417 e. The van der Waals surface area contributed by atoms with Gasteiger partial charge in [-0.2, -0.15) is 13.2 Å². The summed E-state index contributed by atoms with van der Waals surface area (Å²) in [6, 6.07) is 7.74. The Labute approximate surface area is 130 Å². The molecule has 0 aliphatic rings. The van der Waals surface area contributed by atoms with Crippen molar-refractivity contribution in [1.29, 1.82) is 0 Å². The molecule has 1 heterocycles. The van der Waals surface area contributed by atoms with Crippen molar-refractivity contribution in [2.75, 3.05) is 0 Å². The van der Waals surface area contributed by atoms with Crippen LogP contribution < -0.4 is 5.32 Å². The van der Waals surface area contributed by atoms with Gasteiger partial charge in [0.1, 0.15) is 0 Å². The minimum Gasteiger partial charge on any atom is -0.346 e. The highest BCUT2D eigenvalue weighted by molar-refractivity contribution is 6.31. The average molecular weight is 329 g/mol. The molecule has 0 bridgehead atoms. The molecular formula is C15H12ClF3N2O. The number of carbonyl (C=O) groups is 1. The number of nitrogens with zero attached hydrogens (tertiary/aromatic N) is 1. The van der Waals surface area contributed by atoms with Gasteiger partial charge in [-0.1, -0.05) is 29.3 Å². The normalized spacial score (nSPS) is 11.3. The van der Waals surface area contributed by atoms with E-state index in [1.807, 2.05) is 13.0 Å². The Bertz CT molecular complexity index is 701. The zero-order chi connectivity index (χ0) is 16.3. The van der Waals surface area contributed by atoms with Gasteiger partial charge >= 0.3 is 6.18 Å². The molecule has 3 nitrogen and oxygen atoms in total. The van der Waals surface area contributed by atoms with E-state index in [1.54, 1.807) is 18.2 Å². The van der Waals surface area contributed by atoms with Gasteiger partial charge in [0, 0.05) is 11.8 Å². The molecule has 1 N–H and O–H groups in total. The number of alkyl halides is 3. The van der Waals surface area contributed by atoms with E-state index in [4.69, 9.17) is 11.6 Å². The van der Waals surface area contributed by atoms with E-state index in [2.05, 4.69) is 10.3 Å². The number of hydrogen-bond acceptors (Lipinski definition) is 2. The summed E-state index contributed by atoms with van der Waals surface area (Å²) in [6.45, 7) is 1.80. The molecule has 2 rings (SSSR count). The van der Waals surface area contributed by atoms with Gasteiger partial charge in [-0.25, -0.2) is 0 Å². The Hall–Kier alpha value is -2.08. The van der Waals surface area contributed by atoms with Gasteiger partial charge in [0.15, 0.2) is 0 Å². The predicted molar refractivity (Wildman–Crippen MR) is 76.6 cm³/mol. The molecule has 0 unspecified atom stereocenters. The smallest absolute Gasteiger partial charge is 0.346 e. The van der Waals surface area contributed by atoms with Crippen molar-refractivity contribution in [3.05, 3.63) is 63.9 Å². The van der Waals surface area contributed by atoms with Crippen molar-refractivity contribution in [3.8, 4) is 0 Å². The molecule has 0 saturated heterocycles. The third-order valence-corrected chi connectivity index (χ3v) is 3.27. The van der Waals surface area contributed by atoms with Crippen molar-refractivity contribution in [2.45, 2.75) is 19.6 Å². The number of carbonyl (C=O) groups excluding carboxylic acids is 1. The number of aromatic nitrogens is 1. The molecule has 0 aliphatic heterocycles. The SMILES string of the molecule is Cc1cccc(C(=O)NCc2ncc(C(F)(F)F)cc2Cl)c1. The number of rotatable bonds is 3. The lowest BCUT2D eigenvalue weighted by molar-refractivity contribution is -0.137. The molecule has 1 aromatic carbocycles. The number of pyridine rings is 1. The zero-order valence-electron chi connectivity index (χ0n) is 11.5. The number of aryl methyl sites for hydroxylation is 1. The summed E-state index contributed by atoms with van der Waals surface area (Å²) in [5.41, 5.74) is 0.642. The topological polar surface area (TPSA) is 42.0 Å². The fourth-order valence-corrected chi connectivity index (χ4v) is 2.04. The molecule has 1 aromatic heterocycles. The van der Waals surface area contributed by atoms with Gasteiger partial charge in [0.05, 0.1) is 22.8 Å². The van der Waals surface area contributed by atoms with Crippen molar-refractivity contribution in [1.82, 2.24) is 10.3 Å². The second kappa shape index (κ2) is 6.36. The van der Waals surface area contributed by atoms with Gasteiger partial charge in [-0.3, -0.25) is 9.78 Å². The highest BCUT2D eigenvalue weighted by atomic mass is 35.5. The molecule has 0 spiro atoms. The third-order valence-electron chi connectivity index (χ3n) is 2.94. The summed E-state index contributed by atoms with van der Waals surface area (Å²) in [6.07, 6.45) is -3.81. The summed E-state index contributed by atoms with van der Waals surface area (Å²) >= 11 is 5.78. The van der Waals surface area contributed by atoms with E-state index in [0.717, 1.165) is 11.6 Å². The summed E-state index contributed by atoms with van der Waals surface area (Å²) in [4.78, 5) is 15.6. The van der Waals surface area contributed by atoms with Crippen LogP contribution in [-0.2, 0) is 12.7 Å². The molecule has 0 saturated carbocycles. The van der Waals surface area contributed by atoms with E-state index >= 15 is 0 Å². The van der Waals surface area contributed by atoms with Gasteiger partial charge in [-0.05, 0) is 25.1 Å². The monoisotopic (exact) mass is 328 g/mol. The molecule has 2 aromatic rings. The van der Waals surface area contributed by atoms with E-state index in [-0.39, 0.29) is 23.2 Å². The number of benzene rings is 1. The van der Waals surface area contributed by atoms with Crippen LogP contribution in [0.3, 0.4) is 0 Å². The molecule has 0 aliphatic carbocycles. The van der Waals surface area contributed by atoms with Crippen LogP contribution in [0.2, 0.25) is 5.02 Å². The standard InChI is InChI=1S/C15H12ClF3N2O/c1-9-3-2-4-10(5-9)14(22)21-8-13-12(16)6-11(7-20-13)15(17,18)19/h2-7H,8H2,1H3,(H,21,22). The largest absolute Gasteiger partial charge is 0.417 e. The second-order valence-electron chi connectivity index (χ2n) is 4.70. The van der Waals surface area contributed by atoms with Gasteiger partial charge in [0.25, 0.3) is 5.91 Å². The Morgan fingerprint density at radius 2 is 2.05 bits per heavy atom. The first-order valence-corrected chi connectivity index (χ1v) is 6.71. The van der Waals surface area contributed by atoms with Gasteiger partial charge in [-0.15, -0.1) is 0 Å². The lowest BCUT2D eigenvalue weighted by Gasteiger charge is -2.10. The summed E-state index contributed by atoms with van der Waals surface area (Å²) in [7, 11) is 0. The zero-order valence-corrected chi connectivity index (χ0v) is 12.3. The van der Waals surface area contributed by atoms with Crippen molar-refractivity contribution in [3.63, 3.8) is 0 Å². The van der Waals surface area contributed by atoms with Crippen LogP contribution in [0.1, 0.15) is 27.2 Å².